The Balaban J connectivity index is 1.65. The third-order valence-corrected chi connectivity index (χ3v) is 11.3. The average molecular weight is 755 g/mol. The van der Waals surface area contributed by atoms with E-state index >= 15 is 0 Å². The van der Waals surface area contributed by atoms with E-state index in [1.807, 2.05) is 107 Å². The number of aromatic nitrogens is 2. The van der Waals surface area contributed by atoms with Gasteiger partial charge in [-0.3, -0.25) is 4.57 Å². The molecule has 1 fully saturated rings. The van der Waals surface area contributed by atoms with Crippen molar-refractivity contribution in [3.05, 3.63) is 118 Å². The standard InChI is InChI=1S/C40H47N6O7P/c1-27(2)46(28(3)4)54(51-24-10-22-41)53-37-34(25-42)38(45-23-21-36(43)44-39(45)47)52-35(37)26-50-40(29-11-8-7-9-12-29,30-13-17-32(48-5)18-14-30)31-15-19-33(49-6)20-16-31/h7-9,11-21,23,27-28,34-35,37-38H,10,24,26H2,1-6H3,(H2,43,44,47)/t34-,35-,37+,38-,54?/m1/s1. The van der Waals surface area contributed by atoms with Crippen molar-refractivity contribution in [1.29, 1.82) is 10.5 Å². The normalized spacial score (nSPS) is 19.1. The molecule has 1 unspecified atom stereocenters. The first kappa shape index (κ1) is 40.3. The lowest BCUT2D eigenvalue weighted by Gasteiger charge is -2.39. The van der Waals surface area contributed by atoms with E-state index < -0.39 is 44.2 Å². The van der Waals surface area contributed by atoms with Crippen molar-refractivity contribution in [3.63, 3.8) is 0 Å². The van der Waals surface area contributed by atoms with E-state index in [1.165, 1.54) is 16.8 Å². The van der Waals surface area contributed by atoms with Gasteiger partial charge in [-0.15, -0.1) is 0 Å². The number of rotatable bonds is 17. The van der Waals surface area contributed by atoms with Gasteiger partial charge in [-0.25, -0.2) is 9.46 Å². The molecule has 1 aliphatic rings. The number of nitriles is 2. The Kier molecular flexibility index (Phi) is 13.8. The molecule has 0 saturated carbocycles. The molecule has 284 valence electrons. The zero-order chi connectivity index (χ0) is 38.8. The van der Waals surface area contributed by atoms with Crippen molar-refractivity contribution < 1.29 is 28.0 Å². The fraction of sp³-hybridized carbons (Fsp3) is 0.400. The van der Waals surface area contributed by atoms with Crippen LogP contribution in [0.15, 0.2) is 95.9 Å². The molecule has 2 heterocycles. The van der Waals surface area contributed by atoms with E-state index in [-0.39, 0.29) is 37.5 Å². The molecule has 0 aliphatic carbocycles. The molecule has 2 N–H and O–H groups in total. The lowest BCUT2D eigenvalue weighted by atomic mass is 9.80. The van der Waals surface area contributed by atoms with Crippen LogP contribution in [0.5, 0.6) is 11.5 Å². The van der Waals surface area contributed by atoms with E-state index in [9.17, 15) is 15.3 Å². The van der Waals surface area contributed by atoms with Crippen LogP contribution in [0.25, 0.3) is 0 Å². The van der Waals surface area contributed by atoms with Crippen LogP contribution in [-0.4, -0.2) is 65.9 Å². The van der Waals surface area contributed by atoms with Crippen molar-refractivity contribution >= 4 is 14.3 Å². The first-order valence-electron chi connectivity index (χ1n) is 17.7. The minimum absolute atomic E-state index is 0.00802. The third-order valence-electron chi connectivity index (χ3n) is 9.13. The van der Waals surface area contributed by atoms with Gasteiger partial charge in [-0.2, -0.15) is 15.5 Å². The summed E-state index contributed by atoms with van der Waals surface area (Å²) in [5.41, 5.74) is 6.38. The minimum Gasteiger partial charge on any atom is -0.497 e. The number of hydrogen-bond acceptors (Lipinski definition) is 12. The predicted molar refractivity (Wildman–Crippen MR) is 204 cm³/mol. The summed E-state index contributed by atoms with van der Waals surface area (Å²) < 4.78 is 41.3. The molecule has 1 saturated heterocycles. The molecule has 5 rings (SSSR count). The number of benzene rings is 3. The predicted octanol–water partition coefficient (Wildman–Crippen LogP) is 6.55. The molecule has 5 atom stereocenters. The number of anilines is 1. The molecule has 1 aliphatic heterocycles. The summed E-state index contributed by atoms with van der Waals surface area (Å²) in [6.07, 6.45) is -1.32. The second-order valence-electron chi connectivity index (χ2n) is 13.2. The fourth-order valence-corrected chi connectivity index (χ4v) is 8.46. The van der Waals surface area contributed by atoms with Crippen LogP contribution in [0.1, 0.15) is 57.0 Å². The Bertz CT molecular complexity index is 1890. The van der Waals surface area contributed by atoms with Crippen LogP contribution < -0.4 is 20.9 Å². The molecule has 0 bridgehead atoms. The highest BCUT2D eigenvalue weighted by atomic mass is 31.2. The zero-order valence-corrected chi connectivity index (χ0v) is 32.3. The van der Waals surface area contributed by atoms with Crippen molar-refractivity contribution in [2.75, 3.05) is 33.2 Å². The number of nitrogens with zero attached hydrogens (tertiary/aromatic N) is 5. The quantitative estimate of drug-likeness (QED) is 0.0703. The number of nitrogen functional groups attached to an aromatic ring is 1. The van der Waals surface area contributed by atoms with Crippen LogP contribution >= 0.6 is 8.53 Å². The van der Waals surface area contributed by atoms with Gasteiger partial charge < -0.3 is 33.7 Å². The van der Waals surface area contributed by atoms with E-state index in [4.69, 9.17) is 33.7 Å². The Labute approximate surface area is 317 Å². The van der Waals surface area contributed by atoms with Crippen LogP contribution in [0, 0.1) is 28.6 Å². The van der Waals surface area contributed by atoms with Crippen LogP contribution in [0.3, 0.4) is 0 Å². The maximum absolute atomic E-state index is 13.2. The molecule has 0 amide bonds. The van der Waals surface area contributed by atoms with E-state index in [0.29, 0.717) is 11.5 Å². The lowest BCUT2D eigenvalue weighted by Crippen LogP contribution is -2.41. The molecular weight excluding hydrogens is 707 g/mol. The molecule has 54 heavy (non-hydrogen) atoms. The van der Waals surface area contributed by atoms with Crippen molar-refractivity contribution in [3.8, 4) is 23.6 Å². The zero-order valence-electron chi connectivity index (χ0n) is 31.4. The number of ether oxygens (including phenoxy) is 4. The Hall–Kier alpha value is -4.85. The summed E-state index contributed by atoms with van der Waals surface area (Å²) in [7, 11) is 1.40. The van der Waals surface area contributed by atoms with Gasteiger partial charge in [0.25, 0.3) is 8.53 Å². The van der Waals surface area contributed by atoms with Crippen molar-refractivity contribution in [2.45, 2.75) is 70.2 Å². The summed E-state index contributed by atoms with van der Waals surface area (Å²) in [5.74, 6) is 0.395. The highest BCUT2D eigenvalue weighted by Gasteiger charge is 2.51. The molecule has 1 aromatic heterocycles. The molecule has 0 spiro atoms. The molecular formula is C40H47N6O7P. The van der Waals surface area contributed by atoms with Crippen LogP contribution in [0.2, 0.25) is 0 Å². The van der Waals surface area contributed by atoms with Gasteiger partial charge in [0.15, 0.2) is 6.23 Å². The fourth-order valence-electron chi connectivity index (χ4n) is 6.68. The van der Waals surface area contributed by atoms with Gasteiger partial charge in [0.1, 0.15) is 41.0 Å². The molecule has 14 heteroatoms. The average Bonchev–Trinajstić information content (AvgIpc) is 3.51. The largest absolute Gasteiger partial charge is 0.497 e. The summed E-state index contributed by atoms with van der Waals surface area (Å²) >= 11 is 0. The monoisotopic (exact) mass is 754 g/mol. The molecule has 3 aromatic carbocycles. The van der Waals surface area contributed by atoms with Crippen LogP contribution in [0.4, 0.5) is 5.82 Å². The van der Waals surface area contributed by atoms with E-state index in [2.05, 4.69) is 21.8 Å². The highest BCUT2D eigenvalue weighted by Crippen LogP contribution is 2.52. The minimum atomic E-state index is -1.82. The Morgan fingerprint density at radius 1 is 0.907 bits per heavy atom. The van der Waals surface area contributed by atoms with Gasteiger partial charge in [0, 0.05) is 18.3 Å². The first-order valence-corrected chi connectivity index (χ1v) is 18.8. The van der Waals surface area contributed by atoms with E-state index in [1.54, 1.807) is 14.2 Å². The lowest BCUT2D eigenvalue weighted by molar-refractivity contribution is -0.0929. The van der Waals surface area contributed by atoms with Gasteiger partial charge in [-0.1, -0.05) is 54.6 Å². The summed E-state index contributed by atoms with van der Waals surface area (Å²) in [5, 5.41) is 20.1. The third kappa shape index (κ3) is 8.75. The Morgan fingerprint density at radius 2 is 1.48 bits per heavy atom. The van der Waals surface area contributed by atoms with Crippen LogP contribution in [-0.2, 0) is 24.1 Å². The SMILES string of the molecule is COc1ccc(C(OC[C@H]2O[C@@H](n3ccc(N)nc3=O)[C@H](C#N)[C@@H]2OP(OCCC#N)N(C(C)C)C(C)C)(c2ccccc2)c2ccc(OC)cc2)cc1. The first-order chi connectivity index (χ1) is 26.1. The van der Waals surface area contributed by atoms with Crippen molar-refractivity contribution in [1.82, 2.24) is 14.2 Å². The number of methoxy groups -OCH3 is 2. The van der Waals surface area contributed by atoms with Gasteiger partial charge in [-0.05, 0) is 74.7 Å². The van der Waals surface area contributed by atoms with E-state index in [0.717, 1.165) is 16.7 Å². The van der Waals surface area contributed by atoms with Gasteiger partial charge in [0.05, 0.1) is 46.0 Å². The maximum atomic E-state index is 13.2. The number of hydrogen-bond donors (Lipinski definition) is 1. The molecule has 0 radical (unpaired) electrons. The smallest absolute Gasteiger partial charge is 0.351 e. The summed E-state index contributed by atoms with van der Waals surface area (Å²) in [6.45, 7) is 8.15. The highest BCUT2D eigenvalue weighted by molar-refractivity contribution is 7.44. The Morgan fingerprint density at radius 3 is 1.98 bits per heavy atom. The number of nitrogens with two attached hydrogens (primary N) is 1. The second-order valence-corrected chi connectivity index (χ2v) is 14.6. The van der Waals surface area contributed by atoms with Gasteiger partial charge >= 0.3 is 5.69 Å². The molecule has 13 nitrogen and oxygen atoms in total. The summed E-state index contributed by atoms with van der Waals surface area (Å²) in [4.78, 5) is 17.1. The maximum Gasteiger partial charge on any atom is 0.351 e. The summed E-state index contributed by atoms with van der Waals surface area (Å²) in [6, 6.07) is 31.0. The topological polar surface area (TPSA) is 167 Å². The van der Waals surface area contributed by atoms with Gasteiger partial charge in [0.2, 0.25) is 0 Å². The molecule has 4 aromatic rings. The second kappa shape index (κ2) is 18.5. The van der Waals surface area contributed by atoms with Crippen molar-refractivity contribution in [2.24, 2.45) is 5.92 Å².